The van der Waals surface area contributed by atoms with Gasteiger partial charge in [0.2, 0.25) is 11.8 Å². The number of rotatable bonds is 3. The molecule has 7 heteroatoms. The number of thiocarbonyl (C=S) groups is 1. The van der Waals surface area contributed by atoms with Crippen molar-refractivity contribution >= 4 is 28.8 Å². The molecule has 1 amide bonds. The quantitative estimate of drug-likeness (QED) is 0.842. The lowest BCUT2D eigenvalue weighted by molar-refractivity contribution is -0.124. The van der Waals surface area contributed by atoms with Crippen LogP contribution in [0.15, 0.2) is 18.2 Å². The second kappa shape index (κ2) is 6.01. The molecule has 1 aromatic carbocycles. The number of hydrogen-bond donors (Lipinski definition) is 2. The lowest BCUT2D eigenvalue weighted by Gasteiger charge is -2.27. The standard InChI is InChI=1S/C14H15F3N2OS/c15-10-7-9(12(18)21)1-2-11(10)19-13(20)8-3-5-14(16,17)6-4-8/h1-2,7-8H,3-6H2,(H2,18,21)(H,19,20). The number of anilines is 1. The van der Waals surface area contributed by atoms with Gasteiger partial charge >= 0.3 is 0 Å². The molecule has 1 aromatic rings. The van der Waals surface area contributed by atoms with E-state index in [1.165, 1.54) is 12.1 Å². The third kappa shape index (κ3) is 3.93. The molecule has 114 valence electrons. The maximum atomic E-state index is 13.8. The number of nitrogens with two attached hydrogens (primary N) is 1. The maximum absolute atomic E-state index is 13.8. The number of alkyl halides is 2. The molecular weight excluding hydrogens is 301 g/mol. The molecule has 1 aliphatic rings. The van der Waals surface area contributed by atoms with Crippen molar-refractivity contribution in [3.8, 4) is 0 Å². The van der Waals surface area contributed by atoms with Crippen LogP contribution in [0.1, 0.15) is 31.2 Å². The van der Waals surface area contributed by atoms with Gasteiger partial charge in [-0.1, -0.05) is 12.2 Å². The Balaban J connectivity index is 2.02. The Hall–Kier alpha value is -1.63. The third-order valence-corrected chi connectivity index (χ3v) is 3.84. The van der Waals surface area contributed by atoms with Crippen LogP contribution in [-0.2, 0) is 4.79 Å². The van der Waals surface area contributed by atoms with Crippen LogP contribution in [0.5, 0.6) is 0 Å². The summed E-state index contributed by atoms with van der Waals surface area (Å²) in [5.41, 5.74) is 5.74. The molecule has 0 aromatic heterocycles. The number of benzene rings is 1. The monoisotopic (exact) mass is 316 g/mol. The molecule has 0 radical (unpaired) electrons. The first kappa shape index (κ1) is 15.8. The van der Waals surface area contributed by atoms with Crippen LogP contribution < -0.4 is 11.1 Å². The predicted molar refractivity (Wildman–Crippen MR) is 77.8 cm³/mol. The van der Waals surface area contributed by atoms with Gasteiger partial charge in [0.15, 0.2) is 0 Å². The van der Waals surface area contributed by atoms with E-state index in [1.807, 2.05) is 0 Å². The van der Waals surface area contributed by atoms with Gasteiger partial charge in [-0.15, -0.1) is 0 Å². The number of amides is 1. The SMILES string of the molecule is NC(=S)c1ccc(NC(=O)C2CCC(F)(F)CC2)c(F)c1. The minimum atomic E-state index is -2.69. The third-order valence-electron chi connectivity index (χ3n) is 3.60. The summed E-state index contributed by atoms with van der Waals surface area (Å²) in [6.45, 7) is 0. The van der Waals surface area contributed by atoms with E-state index in [1.54, 1.807) is 0 Å². The van der Waals surface area contributed by atoms with Crippen molar-refractivity contribution in [1.82, 2.24) is 0 Å². The largest absolute Gasteiger partial charge is 0.389 e. The van der Waals surface area contributed by atoms with E-state index in [0.29, 0.717) is 5.56 Å². The van der Waals surface area contributed by atoms with Crippen molar-refractivity contribution in [2.75, 3.05) is 5.32 Å². The molecule has 1 fully saturated rings. The average molecular weight is 316 g/mol. The van der Waals surface area contributed by atoms with Crippen molar-refractivity contribution in [2.24, 2.45) is 11.7 Å². The smallest absolute Gasteiger partial charge is 0.248 e. The predicted octanol–water partition coefficient (Wildman–Crippen LogP) is 3.22. The zero-order valence-corrected chi connectivity index (χ0v) is 12.0. The molecular formula is C14H15F3N2OS. The lowest BCUT2D eigenvalue weighted by Crippen LogP contribution is -2.32. The van der Waals surface area contributed by atoms with Gasteiger partial charge in [-0.25, -0.2) is 13.2 Å². The van der Waals surface area contributed by atoms with Gasteiger partial charge in [-0.3, -0.25) is 4.79 Å². The molecule has 0 bridgehead atoms. The van der Waals surface area contributed by atoms with E-state index in [4.69, 9.17) is 18.0 Å². The van der Waals surface area contributed by atoms with Crippen LogP contribution in [0, 0.1) is 11.7 Å². The Morgan fingerprint density at radius 3 is 2.48 bits per heavy atom. The number of nitrogens with one attached hydrogen (secondary N) is 1. The molecule has 3 nitrogen and oxygen atoms in total. The molecule has 0 unspecified atom stereocenters. The van der Waals surface area contributed by atoms with Crippen LogP contribution in [0.4, 0.5) is 18.9 Å². The van der Waals surface area contributed by atoms with Crippen LogP contribution >= 0.6 is 12.2 Å². The maximum Gasteiger partial charge on any atom is 0.248 e. The fourth-order valence-corrected chi connectivity index (χ4v) is 2.43. The molecule has 3 N–H and O–H groups in total. The van der Waals surface area contributed by atoms with Crippen molar-refractivity contribution in [3.05, 3.63) is 29.6 Å². The second-order valence-corrected chi connectivity index (χ2v) is 5.62. The van der Waals surface area contributed by atoms with Gasteiger partial charge in [-0.05, 0) is 31.0 Å². The van der Waals surface area contributed by atoms with E-state index in [-0.39, 0.29) is 36.4 Å². The molecule has 0 saturated heterocycles. The fourth-order valence-electron chi connectivity index (χ4n) is 2.31. The highest BCUT2D eigenvalue weighted by Gasteiger charge is 2.37. The van der Waals surface area contributed by atoms with E-state index in [9.17, 15) is 18.0 Å². The molecule has 0 aliphatic heterocycles. The number of carbonyl (C=O) groups excluding carboxylic acids is 1. The Bertz CT molecular complexity index is 567. The van der Waals surface area contributed by atoms with Gasteiger partial charge in [0.25, 0.3) is 0 Å². The summed E-state index contributed by atoms with van der Waals surface area (Å²) in [4.78, 5) is 12.0. The van der Waals surface area contributed by atoms with Crippen molar-refractivity contribution in [1.29, 1.82) is 0 Å². The zero-order chi connectivity index (χ0) is 15.6. The summed E-state index contributed by atoms with van der Waals surface area (Å²) in [7, 11) is 0. The molecule has 2 rings (SSSR count). The number of carbonyl (C=O) groups is 1. The van der Waals surface area contributed by atoms with Crippen LogP contribution in [0.25, 0.3) is 0 Å². The van der Waals surface area contributed by atoms with E-state index < -0.39 is 23.6 Å². The van der Waals surface area contributed by atoms with Crippen molar-refractivity contribution in [3.63, 3.8) is 0 Å². The van der Waals surface area contributed by atoms with Crippen molar-refractivity contribution in [2.45, 2.75) is 31.6 Å². The highest BCUT2D eigenvalue weighted by atomic mass is 32.1. The molecule has 0 spiro atoms. The normalized spacial score (nSPS) is 18.2. The Morgan fingerprint density at radius 1 is 1.33 bits per heavy atom. The second-order valence-electron chi connectivity index (χ2n) is 5.18. The Morgan fingerprint density at radius 2 is 1.95 bits per heavy atom. The number of hydrogen-bond acceptors (Lipinski definition) is 2. The van der Waals surface area contributed by atoms with Crippen molar-refractivity contribution < 1.29 is 18.0 Å². The summed E-state index contributed by atoms with van der Waals surface area (Å²) in [5.74, 6) is -4.30. The summed E-state index contributed by atoms with van der Waals surface area (Å²) < 4.78 is 39.9. The summed E-state index contributed by atoms with van der Waals surface area (Å²) >= 11 is 4.73. The molecule has 1 saturated carbocycles. The first-order valence-corrected chi connectivity index (χ1v) is 6.97. The first-order valence-electron chi connectivity index (χ1n) is 6.56. The lowest BCUT2D eigenvalue weighted by atomic mass is 9.86. The van der Waals surface area contributed by atoms with Crippen LogP contribution in [0.3, 0.4) is 0 Å². The molecule has 0 atom stereocenters. The minimum Gasteiger partial charge on any atom is -0.389 e. The van der Waals surface area contributed by atoms with Gasteiger partial charge in [0.1, 0.15) is 10.8 Å². The highest BCUT2D eigenvalue weighted by molar-refractivity contribution is 7.80. The molecule has 21 heavy (non-hydrogen) atoms. The van der Waals surface area contributed by atoms with Gasteiger partial charge < -0.3 is 11.1 Å². The average Bonchev–Trinajstić information content (AvgIpc) is 2.40. The Kier molecular flexibility index (Phi) is 4.51. The minimum absolute atomic E-state index is 0.00247. The van der Waals surface area contributed by atoms with Gasteiger partial charge in [0, 0.05) is 24.3 Å². The summed E-state index contributed by atoms with van der Waals surface area (Å²) in [6, 6.07) is 3.99. The topological polar surface area (TPSA) is 55.1 Å². The summed E-state index contributed by atoms with van der Waals surface area (Å²) in [5, 5.41) is 2.43. The highest BCUT2D eigenvalue weighted by Crippen LogP contribution is 2.36. The van der Waals surface area contributed by atoms with E-state index in [0.717, 1.165) is 6.07 Å². The van der Waals surface area contributed by atoms with Gasteiger partial charge in [0.05, 0.1) is 5.69 Å². The number of halogens is 3. The summed E-state index contributed by atoms with van der Waals surface area (Å²) in [6.07, 6.45) is -0.418. The first-order chi connectivity index (χ1) is 9.78. The zero-order valence-electron chi connectivity index (χ0n) is 11.2. The van der Waals surface area contributed by atoms with Crippen LogP contribution in [0.2, 0.25) is 0 Å². The van der Waals surface area contributed by atoms with E-state index >= 15 is 0 Å². The molecule has 1 aliphatic carbocycles. The van der Waals surface area contributed by atoms with E-state index in [2.05, 4.69) is 5.32 Å². The fraction of sp³-hybridized carbons (Fsp3) is 0.429. The Labute approximate surface area is 125 Å². The van der Waals surface area contributed by atoms with Crippen LogP contribution in [-0.4, -0.2) is 16.8 Å². The van der Waals surface area contributed by atoms with Gasteiger partial charge in [-0.2, -0.15) is 0 Å². The molecule has 0 heterocycles.